The van der Waals surface area contributed by atoms with Crippen LogP contribution in [0.3, 0.4) is 0 Å². The number of nitrogens with one attached hydrogen (secondary N) is 1. The SMILES string of the molecule is CCOc1cc(/C=N\n2c(=S)[nH]nc(C)c2=O)cc(Cl)c1OC. The van der Waals surface area contributed by atoms with Crippen LogP contribution in [0.15, 0.2) is 22.0 Å². The summed E-state index contributed by atoms with van der Waals surface area (Å²) in [6.07, 6.45) is 1.46. The first-order chi connectivity index (χ1) is 11.0. The number of methoxy groups -OCH3 is 1. The monoisotopic (exact) mass is 354 g/mol. The smallest absolute Gasteiger partial charge is 0.296 e. The van der Waals surface area contributed by atoms with Crippen LogP contribution in [0.25, 0.3) is 0 Å². The number of aromatic amines is 1. The van der Waals surface area contributed by atoms with Crippen molar-refractivity contribution in [3.63, 3.8) is 0 Å². The van der Waals surface area contributed by atoms with E-state index in [0.717, 1.165) is 4.68 Å². The van der Waals surface area contributed by atoms with Gasteiger partial charge in [-0.2, -0.15) is 14.9 Å². The number of hydrogen-bond acceptors (Lipinski definition) is 6. The van der Waals surface area contributed by atoms with Gasteiger partial charge >= 0.3 is 0 Å². The summed E-state index contributed by atoms with van der Waals surface area (Å²) in [5.41, 5.74) is 0.503. The average Bonchev–Trinajstić information content (AvgIpc) is 2.51. The van der Waals surface area contributed by atoms with Gasteiger partial charge in [0.05, 0.1) is 25.0 Å². The second-order valence-electron chi connectivity index (χ2n) is 4.44. The van der Waals surface area contributed by atoms with Crippen LogP contribution in [0.2, 0.25) is 5.02 Å². The maximum Gasteiger partial charge on any atom is 0.296 e. The van der Waals surface area contributed by atoms with Gasteiger partial charge in [-0.1, -0.05) is 11.6 Å². The van der Waals surface area contributed by atoms with Gasteiger partial charge in [0.1, 0.15) is 5.69 Å². The summed E-state index contributed by atoms with van der Waals surface area (Å²) in [6, 6.07) is 3.36. The Labute approximate surface area is 142 Å². The summed E-state index contributed by atoms with van der Waals surface area (Å²) < 4.78 is 11.9. The van der Waals surface area contributed by atoms with Crippen LogP contribution < -0.4 is 15.0 Å². The molecule has 0 unspecified atom stereocenters. The molecule has 2 aromatic rings. The summed E-state index contributed by atoms with van der Waals surface area (Å²) in [7, 11) is 1.51. The third-order valence-corrected chi connectivity index (χ3v) is 3.42. The van der Waals surface area contributed by atoms with Gasteiger partial charge in [0.15, 0.2) is 11.5 Å². The Bertz CT molecular complexity index is 860. The molecule has 1 heterocycles. The molecule has 0 aliphatic carbocycles. The van der Waals surface area contributed by atoms with Gasteiger partial charge in [-0.25, -0.2) is 0 Å². The lowest BCUT2D eigenvalue weighted by molar-refractivity contribution is 0.311. The highest BCUT2D eigenvalue weighted by atomic mass is 35.5. The molecule has 0 saturated heterocycles. The fourth-order valence-electron chi connectivity index (χ4n) is 1.83. The number of aromatic nitrogens is 3. The fraction of sp³-hybridized carbons (Fsp3) is 0.286. The van der Waals surface area contributed by atoms with Crippen LogP contribution in [0.1, 0.15) is 18.2 Å². The molecule has 0 fully saturated rings. The lowest BCUT2D eigenvalue weighted by Crippen LogP contribution is -2.22. The Morgan fingerprint density at radius 2 is 2.26 bits per heavy atom. The third kappa shape index (κ3) is 3.77. The van der Waals surface area contributed by atoms with Crippen molar-refractivity contribution in [1.82, 2.24) is 14.9 Å². The van der Waals surface area contributed by atoms with Gasteiger partial charge in [0.2, 0.25) is 4.77 Å². The van der Waals surface area contributed by atoms with Crippen molar-refractivity contribution >= 4 is 30.0 Å². The molecule has 1 aromatic heterocycles. The Balaban J connectivity index is 2.47. The Kier molecular flexibility index (Phi) is 5.51. The van der Waals surface area contributed by atoms with Crippen LogP contribution in [-0.2, 0) is 0 Å². The molecule has 9 heteroatoms. The summed E-state index contributed by atoms with van der Waals surface area (Å²) >= 11 is 11.2. The first-order valence-electron chi connectivity index (χ1n) is 6.71. The third-order valence-electron chi connectivity index (χ3n) is 2.87. The Morgan fingerprint density at radius 3 is 2.91 bits per heavy atom. The molecule has 2 rings (SSSR count). The molecule has 0 spiro atoms. The van der Waals surface area contributed by atoms with E-state index in [1.807, 2.05) is 6.92 Å². The zero-order valence-electron chi connectivity index (χ0n) is 12.8. The molecule has 7 nitrogen and oxygen atoms in total. The second-order valence-corrected chi connectivity index (χ2v) is 5.24. The minimum absolute atomic E-state index is 0.0986. The Morgan fingerprint density at radius 1 is 1.52 bits per heavy atom. The largest absolute Gasteiger partial charge is 0.491 e. The highest BCUT2D eigenvalue weighted by molar-refractivity contribution is 7.71. The Hall–Kier alpha value is -2.19. The quantitative estimate of drug-likeness (QED) is 0.659. The van der Waals surface area contributed by atoms with Crippen LogP contribution >= 0.6 is 23.8 Å². The number of nitrogens with zero attached hydrogens (tertiary/aromatic N) is 3. The molecule has 122 valence electrons. The van der Waals surface area contributed by atoms with E-state index in [0.29, 0.717) is 28.7 Å². The van der Waals surface area contributed by atoms with Crippen LogP contribution in [0, 0.1) is 11.7 Å². The molecule has 1 N–H and O–H groups in total. The molecule has 0 amide bonds. The highest BCUT2D eigenvalue weighted by Crippen LogP contribution is 2.35. The van der Waals surface area contributed by atoms with Gasteiger partial charge in [-0.3, -0.25) is 9.89 Å². The molecule has 0 aliphatic rings. The molecule has 0 radical (unpaired) electrons. The number of H-pyrrole nitrogens is 1. The predicted octanol–water partition coefficient (Wildman–Crippen LogP) is 2.55. The molecule has 0 bridgehead atoms. The van der Waals surface area contributed by atoms with Crippen molar-refractivity contribution in [1.29, 1.82) is 0 Å². The maximum absolute atomic E-state index is 12.0. The van der Waals surface area contributed by atoms with Gasteiger partial charge in [0.25, 0.3) is 5.56 Å². The van der Waals surface area contributed by atoms with E-state index in [2.05, 4.69) is 15.3 Å². The lowest BCUT2D eigenvalue weighted by atomic mass is 10.2. The van der Waals surface area contributed by atoms with Gasteiger partial charge < -0.3 is 9.47 Å². The summed E-state index contributed by atoms with van der Waals surface area (Å²) in [5, 5.41) is 10.8. The first kappa shape index (κ1) is 17.2. The van der Waals surface area contributed by atoms with E-state index in [1.165, 1.54) is 13.3 Å². The maximum atomic E-state index is 12.0. The summed E-state index contributed by atoms with van der Waals surface area (Å²) in [5.74, 6) is 0.937. The molecule has 0 aliphatic heterocycles. The van der Waals surface area contributed by atoms with E-state index < -0.39 is 5.56 Å². The van der Waals surface area contributed by atoms with E-state index in [-0.39, 0.29) is 10.5 Å². The number of halogens is 1. The topological polar surface area (TPSA) is 81.5 Å². The van der Waals surface area contributed by atoms with Crippen molar-refractivity contribution in [2.24, 2.45) is 5.10 Å². The average molecular weight is 355 g/mol. The van der Waals surface area contributed by atoms with Gasteiger partial charge in [-0.05, 0) is 43.8 Å². The number of rotatable bonds is 5. The molecule has 23 heavy (non-hydrogen) atoms. The van der Waals surface area contributed by atoms with Crippen molar-refractivity contribution in [2.75, 3.05) is 13.7 Å². The van der Waals surface area contributed by atoms with Crippen molar-refractivity contribution in [2.45, 2.75) is 13.8 Å². The van der Waals surface area contributed by atoms with Crippen LogP contribution in [-0.4, -0.2) is 34.8 Å². The van der Waals surface area contributed by atoms with Crippen molar-refractivity contribution in [3.8, 4) is 11.5 Å². The van der Waals surface area contributed by atoms with Crippen molar-refractivity contribution in [3.05, 3.63) is 43.5 Å². The van der Waals surface area contributed by atoms with E-state index in [9.17, 15) is 4.79 Å². The molecule has 0 atom stereocenters. The standard InChI is InChI=1S/C14H15ClN4O3S/c1-4-22-11-6-9(5-10(15)12(11)21-3)7-16-19-13(20)8(2)17-18-14(19)23/h5-7H,4H2,1-3H3,(H,18,23)/b16-7-. The molecular weight excluding hydrogens is 340 g/mol. The number of benzene rings is 1. The summed E-state index contributed by atoms with van der Waals surface area (Å²) in [4.78, 5) is 12.0. The normalized spacial score (nSPS) is 11.0. The molecular formula is C14H15ClN4O3S. The zero-order valence-corrected chi connectivity index (χ0v) is 14.4. The fourth-order valence-corrected chi connectivity index (χ4v) is 2.30. The van der Waals surface area contributed by atoms with Crippen LogP contribution in [0.4, 0.5) is 0 Å². The lowest BCUT2D eigenvalue weighted by Gasteiger charge is -2.11. The van der Waals surface area contributed by atoms with E-state index in [1.54, 1.807) is 19.1 Å². The van der Waals surface area contributed by atoms with Gasteiger partial charge in [0, 0.05) is 0 Å². The number of hydrogen-bond donors (Lipinski definition) is 1. The van der Waals surface area contributed by atoms with Gasteiger partial charge in [-0.15, -0.1) is 0 Å². The van der Waals surface area contributed by atoms with E-state index >= 15 is 0 Å². The molecule has 1 aromatic carbocycles. The second kappa shape index (κ2) is 7.38. The minimum atomic E-state index is -0.394. The predicted molar refractivity (Wildman–Crippen MR) is 90.6 cm³/mol. The molecule has 0 saturated carbocycles. The van der Waals surface area contributed by atoms with E-state index in [4.69, 9.17) is 33.3 Å². The number of ether oxygens (including phenoxy) is 2. The number of aryl methyl sites for hydroxylation is 1. The van der Waals surface area contributed by atoms with Crippen LogP contribution in [0.5, 0.6) is 11.5 Å². The zero-order chi connectivity index (χ0) is 17.0. The highest BCUT2D eigenvalue weighted by Gasteiger charge is 2.11. The first-order valence-corrected chi connectivity index (χ1v) is 7.49. The minimum Gasteiger partial charge on any atom is -0.491 e. The summed E-state index contributed by atoms with van der Waals surface area (Å²) in [6.45, 7) is 3.88. The van der Waals surface area contributed by atoms with Crippen molar-refractivity contribution < 1.29 is 9.47 Å².